The van der Waals surface area contributed by atoms with Crippen molar-refractivity contribution in [3.63, 3.8) is 0 Å². The lowest BCUT2D eigenvalue weighted by atomic mass is 10.1. The zero-order valence-electron chi connectivity index (χ0n) is 29.9. The maximum Gasteiger partial charge on any atom is 0.225 e. The molecule has 4 nitrogen and oxygen atoms in total. The van der Waals surface area contributed by atoms with Gasteiger partial charge >= 0.3 is 0 Å². The van der Waals surface area contributed by atoms with E-state index in [-0.39, 0.29) is 0 Å². The molecule has 0 rings (SSSR count). The lowest BCUT2D eigenvalue weighted by molar-refractivity contribution is 0.114. The molecule has 0 saturated carbocycles. The van der Waals surface area contributed by atoms with Gasteiger partial charge in [0.15, 0.2) is 0 Å². The second-order valence-corrected chi connectivity index (χ2v) is 12.5. The summed E-state index contributed by atoms with van der Waals surface area (Å²) in [5.74, 6) is 0.790. The summed E-state index contributed by atoms with van der Waals surface area (Å²) in [6, 6.07) is 0. The van der Waals surface area contributed by atoms with Crippen LogP contribution in [0.5, 0.6) is 0 Å². The number of ether oxygens (including phenoxy) is 1. The Balaban J connectivity index is 3.88. The van der Waals surface area contributed by atoms with Crippen molar-refractivity contribution in [2.45, 2.75) is 168 Å². The van der Waals surface area contributed by atoms with E-state index in [9.17, 15) is 0 Å². The lowest BCUT2D eigenvalue weighted by Gasteiger charge is -2.11. The van der Waals surface area contributed by atoms with Gasteiger partial charge in [0.05, 0.1) is 6.61 Å². The number of unbranched alkanes of at least 4 members (excludes halogenated alkanes) is 17. The first-order valence-corrected chi connectivity index (χ1v) is 18.8. The minimum absolute atomic E-state index is 0.604. The Labute approximate surface area is 275 Å². The van der Waals surface area contributed by atoms with E-state index in [0.717, 1.165) is 51.2 Å². The first-order chi connectivity index (χ1) is 21.7. The normalized spacial score (nSPS) is 12.7. The van der Waals surface area contributed by atoms with Gasteiger partial charge in [-0.1, -0.05) is 138 Å². The molecule has 0 spiro atoms. The Hall–Kier alpha value is -1.81. The Morgan fingerprint density at radius 1 is 0.500 bits per heavy atom. The molecule has 0 N–H and O–H groups in total. The van der Waals surface area contributed by atoms with Crippen molar-refractivity contribution in [3.05, 3.63) is 48.6 Å². The maximum atomic E-state index is 6.07. The van der Waals surface area contributed by atoms with Gasteiger partial charge in [-0.15, -0.1) is 0 Å². The number of oxime groups is 1. The largest absolute Gasteiger partial charge is 0.479 e. The summed E-state index contributed by atoms with van der Waals surface area (Å²) in [5.41, 5.74) is 0. The van der Waals surface area contributed by atoms with Gasteiger partial charge in [0.25, 0.3) is 0 Å². The number of allylic oxidation sites excluding steroid dienone is 8. The molecule has 0 aromatic heterocycles. The number of hydrogen-bond acceptors (Lipinski definition) is 4. The molecule has 0 radical (unpaired) electrons. The maximum absolute atomic E-state index is 6.07. The molecular formula is C40H74N2O2. The van der Waals surface area contributed by atoms with Gasteiger partial charge < -0.3 is 14.5 Å². The SMILES string of the molecule is CCCCC/C=C\C/C=C\CCCCCCCCC(=NOCCN(C)C)OCCCCCCC/C=C\C/C=C\CCCCC. The summed E-state index contributed by atoms with van der Waals surface area (Å²) >= 11 is 0. The van der Waals surface area contributed by atoms with Crippen molar-refractivity contribution in [3.8, 4) is 0 Å². The zero-order chi connectivity index (χ0) is 32.0. The fourth-order valence-electron chi connectivity index (χ4n) is 4.85. The predicted molar refractivity (Wildman–Crippen MR) is 197 cm³/mol. The van der Waals surface area contributed by atoms with Crippen LogP contribution < -0.4 is 0 Å². The van der Waals surface area contributed by atoms with Gasteiger partial charge in [-0.25, -0.2) is 0 Å². The van der Waals surface area contributed by atoms with E-state index in [2.05, 4.69) is 86.6 Å². The summed E-state index contributed by atoms with van der Waals surface area (Å²) in [5, 5.41) is 4.35. The molecule has 0 heterocycles. The molecule has 4 heteroatoms. The Bertz CT molecular complexity index is 658. The van der Waals surface area contributed by atoms with Crippen molar-refractivity contribution < 1.29 is 9.57 Å². The van der Waals surface area contributed by atoms with Crippen molar-refractivity contribution in [2.75, 3.05) is 33.9 Å². The summed E-state index contributed by atoms with van der Waals surface area (Å²) in [6.45, 7) is 6.75. The van der Waals surface area contributed by atoms with Crippen molar-refractivity contribution in [1.29, 1.82) is 0 Å². The van der Waals surface area contributed by atoms with Crippen LogP contribution in [0.2, 0.25) is 0 Å². The molecule has 0 fully saturated rings. The van der Waals surface area contributed by atoms with Gasteiger partial charge in [-0.2, -0.15) is 0 Å². The van der Waals surface area contributed by atoms with Crippen LogP contribution in [0.15, 0.2) is 53.8 Å². The van der Waals surface area contributed by atoms with Gasteiger partial charge in [-0.3, -0.25) is 0 Å². The van der Waals surface area contributed by atoms with E-state index < -0.39 is 0 Å². The molecule has 256 valence electrons. The molecule has 0 amide bonds. The zero-order valence-corrected chi connectivity index (χ0v) is 29.9. The van der Waals surface area contributed by atoms with Crippen LogP contribution in [0, 0.1) is 0 Å². The van der Waals surface area contributed by atoms with Gasteiger partial charge in [0, 0.05) is 13.0 Å². The highest BCUT2D eigenvalue weighted by Gasteiger charge is 2.03. The highest BCUT2D eigenvalue weighted by molar-refractivity contribution is 5.75. The molecule has 0 atom stereocenters. The average molecular weight is 615 g/mol. The number of nitrogens with zero attached hydrogens (tertiary/aromatic N) is 2. The van der Waals surface area contributed by atoms with Crippen molar-refractivity contribution in [2.24, 2.45) is 5.16 Å². The monoisotopic (exact) mass is 615 g/mol. The van der Waals surface area contributed by atoms with Gasteiger partial charge in [0.1, 0.15) is 6.61 Å². The number of rotatable bonds is 33. The Morgan fingerprint density at radius 3 is 1.41 bits per heavy atom. The van der Waals surface area contributed by atoms with E-state index in [1.54, 1.807) is 0 Å². The van der Waals surface area contributed by atoms with E-state index in [4.69, 9.17) is 9.57 Å². The van der Waals surface area contributed by atoms with E-state index >= 15 is 0 Å². The molecule has 0 aliphatic carbocycles. The standard InChI is InChI=1S/C40H74N2O2/c1-5-7-9-11-13-15-17-19-21-22-24-26-28-30-32-34-36-40(41-44-39-37-42(3)4)43-38-35-33-31-29-27-25-23-20-18-16-14-12-10-8-6-2/h13-16,19-21,23H,5-12,17-18,22,24-39H2,1-4H3/b15-13-,16-14-,21-19-,23-20-,41-40?. The number of hydrogen-bond donors (Lipinski definition) is 0. The lowest BCUT2D eigenvalue weighted by Crippen LogP contribution is -2.17. The third-order valence-corrected chi connectivity index (χ3v) is 7.75. The van der Waals surface area contributed by atoms with Gasteiger partial charge in [-0.05, 0) is 91.1 Å². The third-order valence-electron chi connectivity index (χ3n) is 7.75. The van der Waals surface area contributed by atoms with Crippen LogP contribution in [-0.2, 0) is 9.57 Å². The first-order valence-electron chi connectivity index (χ1n) is 18.8. The quantitative estimate of drug-likeness (QED) is 0.0242. The van der Waals surface area contributed by atoms with Crippen LogP contribution in [0.4, 0.5) is 0 Å². The van der Waals surface area contributed by atoms with Crippen molar-refractivity contribution in [1.82, 2.24) is 4.90 Å². The van der Waals surface area contributed by atoms with Crippen molar-refractivity contribution >= 4 is 5.90 Å². The topological polar surface area (TPSA) is 34.1 Å². The molecule has 0 bridgehead atoms. The summed E-state index contributed by atoms with van der Waals surface area (Å²) < 4.78 is 6.07. The predicted octanol–water partition coefficient (Wildman–Crippen LogP) is 12.5. The van der Waals surface area contributed by atoms with Crippen LogP contribution in [0.25, 0.3) is 0 Å². The third kappa shape index (κ3) is 36.4. The molecule has 44 heavy (non-hydrogen) atoms. The summed E-state index contributed by atoms with van der Waals surface area (Å²) in [6.07, 6.45) is 48.4. The fraction of sp³-hybridized carbons (Fsp3) is 0.775. The van der Waals surface area contributed by atoms with Gasteiger partial charge in [0.2, 0.25) is 5.90 Å². The molecule has 0 unspecified atom stereocenters. The van der Waals surface area contributed by atoms with E-state index in [1.165, 1.54) is 122 Å². The fourth-order valence-corrected chi connectivity index (χ4v) is 4.85. The second kappa shape index (κ2) is 37.4. The summed E-state index contributed by atoms with van der Waals surface area (Å²) in [4.78, 5) is 7.68. The van der Waals surface area contributed by atoms with Crippen LogP contribution in [-0.4, -0.2) is 44.7 Å². The molecular weight excluding hydrogens is 540 g/mol. The Kier molecular flexibility index (Phi) is 35.8. The molecule has 0 aliphatic rings. The first kappa shape index (κ1) is 42.2. The molecule has 0 aromatic rings. The molecule has 0 aromatic carbocycles. The Morgan fingerprint density at radius 2 is 0.932 bits per heavy atom. The molecule has 0 saturated heterocycles. The smallest absolute Gasteiger partial charge is 0.225 e. The van der Waals surface area contributed by atoms with Crippen LogP contribution >= 0.6 is 0 Å². The van der Waals surface area contributed by atoms with Crippen LogP contribution in [0.3, 0.4) is 0 Å². The minimum Gasteiger partial charge on any atom is -0.479 e. The van der Waals surface area contributed by atoms with Crippen LogP contribution in [0.1, 0.15) is 168 Å². The highest BCUT2D eigenvalue weighted by atomic mass is 16.6. The van der Waals surface area contributed by atoms with E-state index in [1.807, 2.05) is 0 Å². The minimum atomic E-state index is 0.604. The van der Waals surface area contributed by atoms with E-state index in [0.29, 0.717) is 6.61 Å². The highest BCUT2D eigenvalue weighted by Crippen LogP contribution is 2.12. The number of likely N-dealkylation sites (N-methyl/N-ethyl adjacent to an activating group) is 1. The molecule has 0 aliphatic heterocycles. The second-order valence-electron chi connectivity index (χ2n) is 12.5. The summed E-state index contributed by atoms with van der Waals surface area (Å²) in [7, 11) is 4.11. The average Bonchev–Trinajstić information content (AvgIpc) is 3.02.